The minimum atomic E-state index is 0.277. The van der Waals surface area contributed by atoms with Crippen molar-refractivity contribution in [3.8, 4) is 5.88 Å². The maximum absolute atomic E-state index is 6.04. The highest BCUT2D eigenvalue weighted by Gasteiger charge is 2.22. The number of hydrogen-bond acceptors (Lipinski definition) is 5. The van der Waals surface area contributed by atoms with Gasteiger partial charge in [0.25, 0.3) is 0 Å². The van der Waals surface area contributed by atoms with E-state index in [1.807, 2.05) is 0 Å². The number of nitrogens with one attached hydrogen (secondary N) is 1. The standard InChI is InChI=1S/C13H22N4O/c1-3-11-12(17-14)15-8-16-13(11)18-10-6-4-5-9(2)7-10/h8-10H,3-7,14H2,1-2H3,(H,15,16,17). The van der Waals surface area contributed by atoms with Crippen LogP contribution >= 0.6 is 0 Å². The SMILES string of the molecule is CCc1c(NN)ncnc1OC1CCCC(C)C1. The number of ether oxygens (including phenoxy) is 1. The van der Waals surface area contributed by atoms with E-state index in [0.717, 1.165) is 30.7 Å². The summed E-state index contributed by atoms with van der Waals surface area (Å²) in [6.45, 7) is 4.33. The van der Waals surface area contributed by atoms with Crippen LogP contribution in [0, 0.1) is 5.92 Å². The van der Waals surface area contributed by atoms with E-state index in [4.69, 9.17) is 10.6 Å². The number of nitrogens with zero attached hydrogens (tertiary/aromatic N) is 2. The van der Waals surface area contributed by atoms with Gasteiger partial charge in [-0.1, -0.05) is 20.3 Å². The first-order chi connectivity index (χ1) is 8.74. The molecule has 2 atom stereocenters. The summed E-state index contributed by atoms with van der Waals surface area (Å²) >= 11 is 0. The Morgan fingerprint density at radius 2 is 2.28 bits per heavy atom. The minimum absolute atomic E-state index is 0.277. The second-order valence-electron chi connectivity index (χ2n) is 5.02. The normalized spacial score (nSPS) is 23.7. The van der Waals surface area contributed by atoms with Gasteiger partial charge in [-0.15, -0.1) is 0 Å². The third-order valence-electron chi connectivity index (χ3n) is 3.56. The van der Waals surface area contributed by atoms with Gasteiger partial charge in [0.15, 0.2) is 0 Å². The molecule has 100 valence electrons. The number of anilines is 1. The van der Waals surface area contributed by atoms with Crippen molar-refractivity contribution in [2.45, 2.75) is 52.1 Å². The zero-order valence-corrected chi connectivity index (χ0v) is 11.1. The van der Waals surface area contributed by atoms with Gasteiger partial charge in [0.2, 0.25) is 5.88 Å². The smallest absolute Gasteiger partial charge is 0.222 e. The molecule has 1 aromatic rings. The van der Waals surface area contributed by atoms with E-state index in [1.54, 1.807) is 0 Å². The zero-order chi connectivity index (χ0) is 13.0. The summed E-state index contributed by atoms with van der Waals surface area (Å²) in [5.74, 6) is 7.53. The summed E-state index contributed by atoms with van der Waals surface area (Å²) in [6, 6.07) is 0. The van der Waals surface area contributed by atoms with Crippen molar-refractivity contribution in [1.29, 1.82) is 0 Å². The molecule has 3 N–H and O–H groups in total. The Balaban J connectivity index is 2.12. The van der Waals surface area contributed by atoms with Crippen LogP contribution in [0.15, 0.2) is 6.33 Å². The van der Waals surface area contributed by atoms with Gasteiger partial charge >= 0.3 is 0 Å². The molecule has 1 heterocycles. The van der Waals surface area contributed by atoms with Crippen molar-refractivity contribution in [2.24, 2.45) is 11.8 Å². The monoisotopic (exact) mass is 250 g/mol. The van der Waals surface area contributed by atoms with Gasteiger partial charge in [0.1, 0.15) is 18.2 Å². The van der Waals surface area contributed by atoms with E-state index < -0.39 is 0 Å². The Labute approximate surface area is 108 Å². The van der Waals surface area contributed by atoms with Gasteiger partial charge in [0.05, 0.1) is 5.56 Å². The lowest BCUT2D eigenvalue weighted by molar-refractivity contribution is 0.122. The average molecular weight is 250 g/mol. The van der Waals surface area contributed by atoms with Gasteiger partial charge in [0, 0.05) is 0 Å². The van der Waals surface area contributed by atoms with Crippen LogP contribution in [0.25, 0.3) is 0 Å². The number of nitrogens with two attached hydrogens (primary N) is 1. The molecule has 1 aromatic heterocycles. The summed E-state index contributed by atoms with van der Waals surface area (Å²) < 4.78 is 6.04. The summed E-state index contributed by atoms with van der Waals surface area (Å²) in [4.78, 5) is 8.36. The van der Waals surface area contributed by atoms with Crippen LogP contribution < -0.4 is 16.0 Å². The number of rotatable bonds is 4. The van der Waals surface area contributed by atoms with Crippen molar-refractivity contribution in [1.82, 2.24) is 9.97 Å². The minimum Gasteiger partial charge on any atom is -0.474 e. The largest absolute Gasteiger partial charge is 0.474 e. The zero-order valence-electron chi connectivity index (χ0n) is 11.1. The molecular formula is C13H22N4O. The molecule has 0 aliphatic heterocycles. The van der Waals surface area contributed by atoms with Gasteiger partial charge in [-0.05, 0) is 31.6 Å². The molecule has 5 heteroatoms. The summed E-state index contributed by atoms with van der Waals surface area (Å²) in [5, 5.41) is 0. The molecule has 1 aliphatic rings. The number of hydrazine groups is 1. The Kier molecular flexibility index (Phi) is 4.36. The maximum atomic E-state index is 6.04. The van der Waals surface area contributed by atoms with Gasteiger partial charge in [-0.2, -0.15) is 0 Å². The molecule has 1 saturated carbocycles. The van der Waals surface area contributed by atoms with Crippen LogP contribution in [0.1, 0.15) is 45.1 Å². The lowest BCUT2D eigenvalue weighted by Crippen LogP contribution is -2.25. The van der Waals surface area contributed by atoms with E-state index in [-0.39, 0.29) is 6.10 Å². The molecule has 0 aromatic carbocycles. The second-order valence-corrected chi connectivity index (χ2v) is 5.02. The Bertz CT molecular complexity index is 397. The van der Waals surface area contributed by atoms with Gasteiger partial charge in [-0.3, -0.25) is 0 Å². The molecule has 0 amide bonds. The predicted molar refractivity (Wildman–Crippen MR) is 71.3 cm³/mol. The van der Waals surface area contributed by atoms with Crippen LogP contribution in [0.2, 0.25) is 0 Å². The average Bonchev–Trinajstić information content (AvgIpc) is 2.38. The van der Waals surface area contributed by atoms with Crippen LogP contribution in [0.3, 0.4) is 0 Å². The highest BCUT2D eigenvalue weighted by atomic mass is 16.5. The quantitative estimate of drug-likeness (QED) is 0.633. The fourth-order valence-electron chi connectivity index (χ4n) is 2.58. The van der Waals surface area contributed by atoms with E-state index >= 15 is 0 Å². The summed E-state index contributed by atoms with van der Waals surface area (Å²) in [7, 11) is 0. The maximum Gasteiger partial charge on any atom is 0.222 e. The molecule has 0 radical (unpaired) electrons. The second kappa shape index (κ2) is 6.00. The number of hydrogen-bond donors (Lipinski definition) is 2. The molecule has 1 aliphatic carbocycles. The number of nitrogen functional groups attached to an aromatic ring is 1. The molecule has 18 heavy (non-hydrogen) atoms. The first kappa shape index (κ1) is 13.1. The van der Waals surface area contributed by atoms with Crippen molar-refractivity contribution >= 4 is 5.82 Å². The van der Waals surface area contributed by atoms with Crippen LogP contribution in [-0.2, 0) is 6.42 Å². The van der Waals surface area contributed by atoms with Gasteiger partial charge < -0.3 is 10.2 Å². The van der Waals surface area contributed by atoms with Crippen molar-refractivity contribution in [3.05, 3.63) is 11.9 Å². The summed E-state index contributed by atoms with van der Waals surface area (Å²) in [5.41, 5.74) is 3.56. The van der Waals surface area contributed by atoms with E-state index in [0.29, 0.717) is 11.7 Å². The Morgan fingerprint density at radius 1 is 1.44 bits per heavy atom. The highest BCUT2D eigenvalue weighted by molar-refractivity contribution is 5.47. The molecule has 2 rings (SSSR count). The van der Waals surface area contributed by atoms with Crippen molar-refractivity contribution < 1.29 is 4.74 Å². The Hall–Kier alpha value is -1.36. The van der Waals surface area contributed by atoms with E-state index in [2.05, 4.69) is 29.2 Å². The van der Waals surface area contributed by atoms with Crippen LogP contribution in [0.4, 0.5) is 5.82 Å². The lowest BCUT2D eigenvalue weighted by atomic mass is 9.89. The van der Waals surface area contributed by atoms with Crippen molar-refractivity contribution in [2.75, 3.05) is 5.43 Å². The molecule has 2 unspecified atom stereocenters. The van der Waals surface area contributed by atoms with E-state index in [1.165, 1.54) is 19.2 Å². The van der Waals surface area contributed by atoms with E-state index in [9.17, 15) is 0 Å². The first-order valence-corrected chi connectivity index (χ1v) is 6.71. The molecular weight excluding hydrogens is 228 g/mol. The molecule has 0 spiro atoms. The van der Waals surface area contributed by atoms with Crippen LogP contribution in [0.5, 0.6) is 5.88 Å². The Morgan fingerprint density at radius 3 is 2.94 bits per heavy atom. The van der Waals surface area contributed by atoms with Gasteiger partial charge in [-0.25, -0.2) is 15.8 Å². The number of aromatic nitrogens is 2. The van der Waals surface area contributed by atoms with Crippen LogP contribution in [-0.4, -0.2) is 16.1 Å². The molecule has 1 fully saturated rings. The third kappa shape index (κ3) is 2.90. The summed E-state index contributed by atoms with van der Waals surface area (Å²) in [6.07, 6.45) is 7.34. The highest BCUT2D eigenvalue weighted by Crippen LogP contribution is 2.29. The predicted octanol–water partition coefficient (Wildman–Crippen LogP) is 2.28. The fourth-order valence-corrected chi connectivity index (χ4v) is 2.58. The van der Waals surface area contributed by atoms with Crippen molar-refractivity contribution in [3.63, 3.8) is 0 Å². The molecule has 0 bridgehead atoms. The fraction of sp³-hybridized carbons (Fsp3) is 0.692. The third-order valence-corrected chi connectivity index (χ3v) is 3.56. The lowest BCUT2D eigenvalue weighted by Gasteiger charge is -2.27. The molecule has 0 saturated heterocycles. The first-order valence-electron chi connectivity index (χ1n) is 6.71. The molecule has 5 nitrogen and oxygen atoms in total. The topological polar surface area (TPSA) is 73.1 Å².